The summed E-state index contributed by atoms with van der Waals surface area (Å²) < 4.78 is 16.6. The summed E-state index contributed by atoms with van der Waals surface area (Å²) in [5, 5.41) is 2.89. The normalized spacial score (nSPS) is 28.5. The van der Waals surface area contributed by atoms with Crippen molar-refractivity contribution < 1.29 is 23.8 Å². The van der Waals surface area contributed by atoms with Crippen molar-refractivity contribution in [3.8, 4) is 5.75 Å². The number of nitrogens with one attached hydrogen (secondary N) is 1. The Labute approximate surface area is 141 Å². The molecule has 2 aliphatic heterocycles. The van der Waals surface area contributed by atoms with Crippen molar-refractivity contribution in [3.63, 3.8) is 0 Å². The molecule has 1 spiro atoms. The zero-order chi connectivity index (χ0) is 17.4. The van der Waals surface area contributed by atoms with Gasteiger partial charge in [0.25, 0.3) is 0 Å². The molecule has 6 nitrogen and oxygen atoms in total. The van der Waals surface area contributed by atoms with E-state index in [1.54, 1.807) is 19.2 Å². The fourth-order valence-corrected chi connectivity index (χ4v) is 3.74. The summed E-state index contributed by atoms with van der Waals surface area (Å²) in [7, 11) is 1.55. The summed E-state index contributed by atoms with van der Waals surface area (Å²) in [6, 6.07) is 7.20. The number of carbonyl (C=O) groups excluding carboxylic acids is 2. The monoisotopic (exact) mass is 333 g/mol. The molecule has 0 saturated carbocycles. The standard InChI is InChI=1S/C18H23NO5/c1-17(2)11-18(8-9-23-17)12(10-15(20)24-18)16(21)19-13-6-4-5-7-14(13)22-3/h4-7,12H,8-11H2,1-3H3,(H,19,21)/t12-,18+/m0/s1. The van der Waals surface area contributed by atoms with Gasteiger partial charge in [-0.3, -0.25) is 9.59 Å². The first-order valence-corrected chi connectivity index (χ1v) is 8.15. The number of benzene rings is 1. The molecular formula is C18H23NO5. The van der Waals surface area contributed by atoms with Gasteiger partial charge in [0.15, 0.2) is 0 Å². The smallest absolute Gasteiger partial charge is 0.307 e. The minimum Gasteiger partial charge on any atom is -0.495 e. The Morgan fingerprint density at radius 1 is 1.33 bits per heavy atom. The van der Waals surface area contributed by atoms with Crippen molar-refractivity contribution in [2.24, 2.45) is 5.92 Å². The van der Waals surface area contributed by atoms with Gasteiger partial charge in [0.05, 0.1) is 37.3 Å². The Kier molecular flexibility index (Phi) is 4.25. The summed E-state index contributed by atoms with van der Waals surface area (Å²) in [6.07, 6.45) is 1.14. The Morgan fingerprint density at radius 2 is 2.08 bits per heavy atom. The van der Waals surface area contributed by atoms with Gasteiger partial charge in [-0.05, 0) is 26.0 Å². The maximum absolute atomic E-state index is 12.9. The first kappa shape index (κ1) is 16.8. The van der Waals surface area contributed by atoms with E-state index in [4.69, 9.17) is 14.2 Å². The molecule has 1 amide bonds. The van der Waals surface area contributed by atoms with E-state index in [0.717, 1.165) is 0 Å². The van der Waals surface area contributed by atoms with Crippen LogP contribution in [0.1, 0.15) is 33.1 Å². The molecule has 2 heterocycles. The lowest BCUT2D eigenvalue weighted by Crippen LogP contribution is -2.52. The third kappa shape index (κ3) is 3.11. The van der Waals surface area contributed by atoms with E-state index < -0.39 is 17.1 Å². The average Bonchev–Trinajstić information content (AvgIpc) is 2.82. The van der Waals surface area contributed by atoms with Crippen LogP contribution in [0, 0.1) is 5.92 Å². The van der Waals surface area contributed by atoms with Gasteiger partial charge in [-0.25, -0.2) is 0 Å². The van der Waals surface area contributed by atoms with Crippen molar-refractivity contribution in [1.29, 1.82) is 0 Å². The number of methoxy groups -OCH3 is 1. The van der Waals surface area contributed by atoms with Crippen LogP contribution in [-0.4, -0.2) is 36.8 Å². The zero-order valence-corrected chi connectivity index (χ0v) is 14.3. The second kappa shape index (κ2) is 6.09. The summed E-state index contributed by atoms with van der Waals surface area (Å²) in [6.45, 7) is 4.38. The van der Waals surface area contributed by atoms with Gasteiger partial charge in [-0.2, -0.15) is 0 Å². The van der Waals surface area contributed by atoms with E-state index in [-0.39, 0.29) is 18.3 Å². The highest BCUT2D eigenvalue weighted by Gasteiger charge is 2.56. The topological polar surface area (TPSA) is 73.9 Å². The summed E-state index contributed by atoms with van der Waals surface area (Å²) in [4.78, 5) is 24.8. The van der Waals surface area contributed by atoms with E-state index in [0.29, 0.717) is 30.9 Å². The first-order chi connectivity index (χ1) is 11.4. The van der Waals surface area contributed by atoms with Gasteiger partial charge in [0.2, 0.25) is 5.91 Å². The molecule has 24 heavy (non-hydrogen) atoms. The SMILES string of the molecule is COc1ccccc1NC(=O)[C@@H]1CC(=O)O[C@@]12CCOC(C)(C)C2. The van der Waals surface area contributed by atoms with Gasteiger partial charge >= 0.3 is 5.97 Å². The molecule has 0 radical (unpaired) electrons. The summed E-state index contributed by atoms with van der Waals surface area (Å²) in [5.74, 6) is -0.494. The molecular weight excluding hydrogens is 310 g/mol. The van der Waals surface area contributed by atoms with Crippen molar-refractivity contribution in [1.82, 2.24) is 0 Å². The molecule has 1 aromatic carbocycles. The Morgan fingerprint density at radius 3 is 2.79 bits per heavy atom. The molecule has 130 valence electrons. The number of para-hydroxylation sites is 2. The van der Waals surface area contributed by atoms with Crippen molar-refractivity contribution in [3.05, 3.63) is 24.3 Å². The second-order valence-electron chi connectivity index (χ2n) is 7.02. The lowest BCUT2D eigenvalue weighted by atomic mass is 9.75. The van der Waals surface area contributed by atoms with Crippen LogP contribution in [0.15, 0.2) is 24.3 Å². The van der Waals surface area contributed by atoms with Crippen LogP contribution in [0.2, 0.25) is 0 Å². The van der Waals surface area contributed by atoms with Gasteiger partial charge in [0, 0.05) is 12.8 Å². The highest BCUT2D eigenvalue weighted by Crippen LogP contribution is 2.46. The lowest BCUT2D eigenvalue weighted by molar-refractivity contribution is -0.178. The number of hydrogen-bond donors (Lipinski definition) is 1. The summed E-state index contributed by atoms with van der Waals surface area (Å²) >= 11 is 0. The quantitative estimate of drug-likeness (QED) is 0.861. The molecule has 0 aliphatic carbocycles. The third-order valence-corrected chi connectivity index (χ3v) is 4.75. The maximum Gasteiger partial charge on any atom is 0.307 e. The molecule has 2 saturated heterocycles. The van der Waals surface area contributed by atoms with E-state index in [1.807, 2.05) is 26.0 Å². The zero-order valence-electron chi connectivity index (χ0n) is 14.3. The van der Waals surface area contributed by atoms with E-state index in [9.17, 15) is 9.59 Å². The van der Waals surface area contributed by atoms with Crippen molar-refractivity contribution in [2.75, 3.05) is 19.0 Å². The van der Waals surface area contributed by atoms with Crippen LogP contribution in [0.3, 0.4) is 0 Å². The van der Waals surface area contributed by atoms with Crippen LogP contribution in [0.4, 0.5) is 5.69 Å². The molecule has 0 aromatic heterocycles. The minimum atomic E-state index is -0.787. The minimum absolute atomic E-state index is 0.0943. The predicted octanol–water partition coefficient (Wildman–Crippen LogP) is 2.52. The van der Waals surface area contributed by atoms with Crippen LogP contribution in [0.5, 0.6) is 5.75 Å². The number of rotatable bonds is 3. The number of esters is 1. The number of carbonyl (C=O) groups is 2. The summed E-state index contributed by atoms with van der Waals surface area (Å²) in [5.41, 5.74) is -0.623. The van der Waals surface area contributed by atoms with Crippen molar-refractivity contribution in [2.45, 2.75) is 44.3 Å². The molecule has 3 rings (SSSR count). The van der Waals surface area contributed by atoms with Gasteiger partial charge in [0.1, 0.15) is 11.4 Å². The molecule has 2 atom stereocenters. The molecule has 6 heteroatoms. The van der Waals surface area contributed by atoms with Crippen LogP contribution in [0.25, 0.3) is 0 Å². The lowest BCUT2D eigenvalue weighted by Gasteiger charge is -2.43. The number of ether oxygens (including phenoxy) is 3. The Balaban J connectivity index is 1.83. The van der Waals surface area contributed by atoms with Gasteiger partial charge in [-0.1, -0.05) is 12.1 Å². The van der Waals surface area contributed by atoms with E-state index in [2.05, 4.69) is 5.32 Å². The molecule has 0 unspecified atom stereocenters. The van der Waals surface area contributed by atoms with Crippen LogP contribution in [-0.2, 0) is 19.1 Å². The number of anilines is 1. The van der Waals surface area contributed by atoms with Crippen LogP contribution < -0.4 is 10.1 Å². The largest absolute Gasteiger partial charge is 0.495 e. The highest BCUT2D eigenvalue weighted by molar-refractivity contribution is 5.98. The third-order valence-electron chi connectivity index (χ3n) is 4.75. The average molecular weight is 333 g/mol. The number of hydrogen-bond acceptors (Lipinski definition) is 5. The van der Waals surface area contributed by atoms with Crippen molar-refractivity contribution >= 4 is 17.6 Å². The first-order valence-electron chi connectivity index (χ1n) is 8.15. The van der Waals surface area contributed by atoms with Gasteiger partial charge in [-0.15, -0.1) is 0 Å². The molecule has 2 fully saturated rings. The fraction of sp³-hybridized carbons (Fsp3) is 0.556. The molecule has 1 aromatic rings. The Bertz CT molecular complexity index is 657. The maximum atomic E-state index is 12.9. The number of amides is 1. The van der Waals surface area contributed by atoms with Crippen LogP contribution >= 0.6 is 0 Å². The molecule has 2 aliphatic rings. The fourth-order valence-electron chi connectivity index (χ4n) is 3.74. The van der Waals surface area contributed by atoms with E-state index in [1.165, 1.54) is 0 Å². The predicted molar refractivity (Wildman–Crippen MR) is 87.8 cm³/mol. The highest BCUT2D eigenvalue weighted by atomic mass is 16.6. The molecule has 0 bridgehead atoms. The second-order valence-corrected chi connectivity index (χ2v) is 7.02. The van der Waals surface area contributed by atoms with Gasteiger partial charge < -0.3 is 19.5 Å². The Hall–Kier alpha value is -2.08. The van der Waals surface area contributed by atoms with E-state index >= 15 is 0 Å². The molecule has 1 N–H and O–H groups in total.